The summed E-state index contributed by atoms with van der Waals surface area (Å²) in [4.78, 5) is 12.6. The predicted octanol–water partition coefficient (Wildman–Crippen LogP) is 2.36. The van der Waals surface area contributed by atoms with E-state index in [0.29, 0.717) is 13.1 Å². The first-order chi connectivity index (χ1) is 11.2. The summed E-state index contributed by atoms with van der Waals surface area (Å²) in [6, 6.07) is 5.03. The van der Waals surface area contributed by atoms with E-state index in [9.17, 15) is 17.6 Å². The summed E-state index contributed by atoms with van der Waals surface area (Å²) >= 11 is 0. The highest BCUT2D eigenvalue weighted by Crippen LogP contribution is 2.24. The van der Waals surface area contributed by atoms with Crippen molar-refractivity contribution in [2.24, 2.45) is 0 Å². The summed E-state index contributed by atoms with van der Waals surface area (Å²) < 4.78 is 40.9. The minimum absolute atomic E-state index is 0.0432. The Morgan fingerprint density at radius 2 is 1.71 bits per heavy atom. The van der Waals surface area contributed by atoms with Gasteiger partial charge in [0, 0.05) is 18.7 Å². The molecule has 0 aliphatic carbocycles. The number of rotatable bonds is 5. The normalized spacial score (nSPS) is 11.9. The van der Waals surface area contributed by atoms with Crippen LogP contribution in [0.1, 0.15) is 35.6 Å². The number of aromatic nitrogens is 2. The lowest BCUT2D eigenvalue weighted by Gasteiger charge is -2.18. The fraction of sp³-hybridized carbons (Fsp3) is 0.375. The summed E-state index contributed by atoms with van der Waals surface area (Å²) in [5, 5.41) is 4.09. The highest BCUT2D eigenvalue weighted by molar-refractivity contribution is 7.89. The Labute approximate surface area is 140 Å². The minimum atomic E-state index is -3.73. The van der Waals surface area contributed by atoms with Crippen LogP contribution < -0.4 is 0 Å². The molecule has 0 saturated carbocycles. The maximum absolute atomic E-state index is 13.0. The number of hydrogen-bond donors (Lipinski definition) is 0. The van der Waals surface area contributed by atoms with E-state index in [2.05, 4.69) is 5.10 Å². The molecule has 0 N–H and O–H groups in total. The summed E-state index contributed by atoms with van der Waals surface area (Å²) in [5.41, 5.74) is 0.734. The van der Waals surface area contributed by atoms with Crippen molar-refractivity contribution in [1.29, 1.82) is 0 Å². The van der Waals surface area contributed by atoms with Gasteiger partial charge in [-0.3, -0.25) is 4.79 Å². The highest BCUT2D eigenvalue weighted by Gasteiger charge is 2.30. The molecule has 0 amide bonds. The van der Waals surface area contributed by atoms with Crippen molar-refractivity contribution < 1.29 is 17.6 Å². The Morgan fingerprint density at radius 1 is 1.17 bits per heavy atom. The van der Waals surface area contributed by atoms with Gasteiger partial charge in [0.1, 0.15) is 10.7 Å². The van der Waals surface area contributed by atoms with Gasteiger partial charge in [-0.1, -0.05) is 13.8 Å². The van der Waals surface area contributed by atoms with Crippen LogP contribution in [0.15, 0.2) is 29.2 Å². The van der Waals surface area contributed by atoms with E-state index in [1.807, 2.05) is 0 Å². The quantitative estimate of drug-likeness (QED) is 0.827. The molecule has 1 heterocycles. The summed E-state index contributed by atoms with van der Waals surface area (Å²) in [5.74, 6) is -0.957. The van der Waals surface area contributed by atoms with E-state index < -0.39 is 21.7 Å². The Kier molecular flexibility index (Phi) is 5.19. The molecule has 2 rings (SSSR count). The molecule has 0 fully saturated rings. The van der Waals surface area contributed by atoms with Crippen molar-refractivity contribution >= 4 is 15.9 Å². The number of sulfonamides is 1. The van der Waals surface area contributed by atoms with Crippen molar-refractivity contribution in [1.82, 2.24) is 14.1 Å². The van der Waals surface area contributed by atoms with E-state index in [1.165, 1.54) is 35.5 Å². The molecule has 1 aromatic heterocycles. The van der Waals surface area contributed by atoms with Gasteiger partial charge in [-0.15, -0.1) is 0 Å². The summed E-state index contributed by atoms with van der Waals surface area (Å²) in [7, 11) is -3.73. The van der Waals surface area contributed by atoms with Gasteiger partial charge >= 0.3 is 0 Å². The lowest BCUT2D eigenvalue weighted by atomic mass is 10.2. The van der Waals surface area contributed by atoms with Crippen LogP contribution in [0.3, 0.4) is 0 Å². The predicted molar refractivity (Wildman–Crippen MR) is 87.9 cm³/mol. The largest absolute Gasteiger partial charge is 0.278 e. The first-order valence-electron chi connectivity index (χ1n) is 7.60. The molecule has 0 aliphatic rings. The van der Waals surface area contributed by atoms with E-state index in [1.54, 1.807) is 20.8 Å². The Bertz CT molecular complexity index is 853. The van der Waals surface area contributed by atoms with Gasteiger partial charge in [0.15, 0.2) is 0 Å². The van der Waals surface area contributed by atoms with Gasteiger partial charge in [0.2, 0.25) is 10.0 Å². The van der Waals surface area contributed by atoms with Crippen LogP contribution in [0.25, 0.3) is 0 Å². The van der Waals surface area contributed by atoms with Gasteiger partial charge in [0.25, 0.3) is 5.91 Å². The third-order valence-corrected chi connectivity index (χ3v) is 6.11. The first-order valence-corrected chi connectivity index (χ1v) is 9.04. The van der Waals surface area contributed by atoms with Crippen LogP contribution >= 0.6 is 0 Å². The van der Waals surface area contributed by atoms with Gasteiger partial charge in [-0.05, 0) is 38.1 Å². The van der Waals surface area contributed by atoms with Crippen LogP contribution in [-0.2, 0) is 10.0 Å². The smallest absolute Gasteiger partial charge is 0.267 e. The first kappa shape index (κ1) is 18.3. The van der Waals surface area contributed by atoms with Crippen molar-refractivity contribution in [2.75, 3.05) is 13.1 Å². The molecular formula is C16H20FN3O3S. The Morgan fingerprint density at radius 3 is 2.21 bits per heavy atom. The van der Waals surface area contributed by atoms with Gasteiger partial charge < -0.3 is 0 Å². The number of benzene rings is 1. The number of nitrogens with zero attached hydrogens (tertiary/aromatic N) is 3. The van der Waals surface area contributed by atoms with E-state index >= 15 is 0 Å². The standard InChI is InChI=1S/C16H20FN3O3S/c1-5-19(6-2)24(22,23)15-11(3)18-20(12(15)4)16(21)13-7-9-14(17)10-8-13/h7-10H,5-6H2,1-4H3. The number of carbonyl (C=O) groups is 1. The Balaban J connectivity index is 2.53. The number of hydrogen-bond acceptors (Lipinski definition) is 4. The number of carbonyl (C=O) groups excluding carboxylic acids is 1. The van der Waals surface area contributed by atoms with Crippen molar-refractivity contribution in [3.05, 3.63) is 47.0 Å². The SMILES string of the molecule is CCN(CC)S(=O)(=O)c1c(C)nn(C(=O)c2ccc(F)cc2)c1C. The van der Waals surface area contributed by atoms with Gasteiger partial charge in [0.05, 0.1) is 11.4 Å². The molecule has 0 bridgehead atoms. The van der Waals surface area contributed by atoms with Crippen molar-refractivity contribution in [2.45, 2.75) is 32.6 Å². The van der Waals surface area contributed by atoms with Crippen molar-refractivity contribution in [3.63, 3.8) is 0 Å². The van der Waals surface area contributed by atoms with Crippen LogP contribution in [0.2, 0.25) is 0 Å². The highest BCUT2D eigenvalue weighted by atomic mass is 32.2. The monoisotopic (exact) mass is 353 g/mol. The maximum atomic E-state index is 13.0. The average molecular weight is 353 g/mol. The third-order valence-electron chi connectivity index (χ3n) is 3.81. The average Bonchev–Trinajstić information content (AvgIpc) is 2.83. The lowest BCUT2D eigenvalue weighted by Crippen LogP contribution is -2.31. The summed E-state index contributed by atoms with van der Waals surface area (Å²) in [6.07, 6.45) is 0. The maximum Gasteiger partial charge on any atom is 0.278 e. The molecule has 0 saturated heterocycles. The molecule has 2 aromatic rings. The molecule has 0 atom stereocenters. The minimum Gasteiger partial charge on any atom is -0.267 e. The fourth-order valence-corrected chi connectivity index (χ4v) is 4.42. The van der Waals surface area contributed by atoms with E-state index in [-0.39, 0.29) is 21.8 Å². The molecule has 24 heavy (non-hydrogen) atoms. The molecule has 8 heteroatoms. The van der Waals surface area contributed by atoms with E-state index in [4.69, 9.17) is 0 Å². The molecule has 0 radical (unpaired) electrons. The summed E-state index contributed by atoms with van der Waals surface area (Å²) in [6.45, 7) is 7.25. The number of aryl methyl sites for hydroxylation is 1. The zero-order chi connectivity index (χ0) is 18.1. The van der Waals surface area contributed by atoms with Gasteiger partial charge in [-0.2, -0.15) is 14.1 Å². The number of halogens is 1. The topological polar surface area (TPSA) is 72.3 Å². The van der Waals surface area contributed by atoms with Crippen LogP contribution in [0.5, 0.6) is 0 Å². The molecule has 0 aliphatic heterocycles. The Hall–Kier alpha value is -2.06. The van der Waals surface area contributed by atoms with Gasteiger partial charge in [-0.25, -0.2) is 12.8 Å². The molecular weight excluding hydrogens is 333 g/mol. The molecule has 0 unspecified atom stereocenters. The second kappa shape index (κ2) is 6.82. The second-order valence-corrected chi connectivity index (χ2v) is 7.19. The lowest BCUT2D eigenvalue weighted by molar-refractivity contribution is 0.0942. The van der Waals surface area contributed by atoms with Crippen LogP contribution in [0, 0.1) is 19.7 Å². The fourth-order valence-electron chi connectivity index (χ4n) is 2.61. The van der Waals surface area contributed by atoms with Crippen LogP contribution in [-0.4, -0.2) is 41.5 Å². The van der Waals surface area contributed by atoms with Crippen molar-refractivity contribution in [3.8, 4) is 0 Å². The zero-order valence-corrected chi connectivity index (χ0v) is 14.9. The molecule has 130 valence electrons. The van der Waals surface area contributed by atoms with Crippen LogP contribution in [0.4, 0.5) is 4.39 Å². The molecule has 6 nitrogen and oxygen atoms in total. The third kappa shape index (κ3) is 3.11. The molecule has 0 spiro atoms. The second-order valence-electron chi connectivity index (χ2n) is 5.31. The van der Waals surface area contributed by atoms with E-state index in [0.717, 1.165) is 4.68 Å². The zero-order valence-electron chi connectivity index (χ0n) is 14.1. The molecule has 1 aromatic carbocycles.